The Morgan fingerprint density at radius 2 is 2.05 bits per heavy atom. The van der Waals surface area contributed by atoms with Gasteiger partial charge in [0.05, 0.1) is 0 Å². The molecular formula is C17H26FN. The summed E-state index contributed by atoms with van der Waals surface area (Å²) in [5.74, 6) is 0. The van der Waals surface area contributed by atoms with E-state index in [-0.39, 0.29) is 0 Å². The molecule has 1 saturated heterocycles. The van der Waals surface area contributed by atoms with Crippen molar-refractivity contribution in [2.75, 3.05) is 6.54 Å². The zero-order valence-electron chi connectivity index (χ0n) is 12.0. The van der Waals surface area contributed by atoms with Gasteiger partial charge in [-0.15, -0.1) is 0 Å². The van der Waals surface area contributed by atoms with Gasteiger partial charge >= 0.3 is 0 Å². The third-order valence-corrected chi connectivity index (χ3v) is 4.09. The summed E-state index contributed by atoms with van der Waals surface area (Å²) >= 11 is 0. The van der Waals surface area contributed by atoms with Crippen molar-refractivity contribution < 1.29 is 4.39 Å². The van der Waals surface area contributed by atoms with Gasteiger partial charge in [0, 0.05) is 6.04 Å². The number of nitrogens with one attached hydrogen (secondary N) is 1. The zero-order chi connectivity index (χ0) is 13.6. The molecule has 0 amide bonds. The van der Waals surface area contributed by atoms with Crippen LogP contribution in [0.5, 0.6) is 0 Å². The average molecular weight is 263 g/mol. The number of piperidine rings is 1. The Balaban J connectivity index is 1.71. The van der Waals surface area contributed by atoms with Gasteiger partial charge in [-0.1, -0.05) is 36.8 Å². The first-order chi connectivity index (χ1) is 9.16. The van der Waals surface area contributed by atoms with Gasteiger partial charge in [0.1, 0.15) is 5.67 Å². The first kappa shape index (κ1) is 14.5. The van der Waals surface area contributed by atoms with Crippen LogP contribution >= 0.6 is 0 Å². The predicted molar refractivity (Wildman–Crippen MR) is 79.2 cm³/mol. The Bertz CT molecular complexity index is 355. The molecule has 106 valence electrons. The molecule has 1 nitrogen and oxygen atoms in total. The topological polar surface area (TPSA) is 12.0 Å². The molecule has 2 atom stereocenters. The molecule has 2 unspecified atom stereocenters. The van der Waals surface area contributed by atoms with Crippen molar-refractivity contribution in [3.8, 4) is 0 Å². The van der Waals surface area contributed by atoms with Crippen LogP contribution in [-0.2, 0) is 6.42 Å². The molecule has 19 heavy (non-hydrogen) atoms. The van der Waals surface area contributed by atoms with Gasteiger partial charge in [0.2, 0.25) is 0 Å². The standard InChI is InChI=1S/C17H26FN/c1-17(18,14-16-11-5-6-13-19-16)12-7-10-15-8-3-2-4-9-15/h2-4,8-9,16,19H,5-7,10-14H2,1H3. The maximum absolute atomic E-state index is 14.5. The van der Waals surface area contributed by atoms with E-state index in [0.717, 1.165) is 25.8 Å². The van der Waals surface area contributed by atoms with Gasteiger partial charge in [-0.3, -0.25) is 0 Å². The third kappa shape index (κ3) is 5.32. The zero-order valence-corrected chi connectivity index (χ0v) is 12.0. The van der Waals surface area contributed by atoms with Crippen LogP contribution in [0, 0.1) is 0 Å². The Kier molecular flexibility index (Phi) is 5.38. The van der Waals surface area contributed by atoms with E-state index in [1.54, 1.807) is 6.92 Å². The molecule has 1 aliphatic rings. The molecule has 1 N–H and O–H groups in total. The second-order valence-electron chi connectivity index (χ2n) is 6.10. The molecule has 0 aromatic heterocycles. The molecule has 0 spiro atoms. The highest BCUT2D eigenvalue weighted by molar-refractivity contribution is 5.14. The minimum Gasteiger partial charge on any atom is -0.314 e. The quantitative estimate of drug-likeness (QED) is 0.808. The van der Waals surface area contributed by atoms with Crippen molar-refractivity contribution in [3.63, 3.8) is 0 Å². The van der Waals surface area contributed by atoms with Crippen LogP contribution in [-0.4, -0.2) is 18.3 Å². The number of hydrogen-bond donors (Lipinski definition) is 1. The van der Waals surface area contributed by atoms with Gasteiger partial charge in [-0.05, 0) is 57.6 Å². The molecule has 2 heteroatoms. The Morgan fingerprint density at radius 1 is 1.26 bits per heavy atom. The van der Waals surface area contributed by atoms with Crippen molar-refractivity contribution in [3.05, 3.63) is 35.9 Å². The fourth-order valence-electron chi connectivity index (χ4n) is 3.02. The Hall–Kier alpha value is -0.890. The number of benzene rings is 1. The largest absolute Gasteiger partial charge is 0.314 e. The van der Waals surface area contributed by atoms with Crippen molar-refractivity contribution in [2.45, 2.75) is 63.6 Å². The van der Waals surface area contributed by atoms with Crippen LogP contribution < -0.4 is 5.32 Å². The first-order valence-corrected chi connectivity index (χ1v) is 7.62. The number of aryl methyl sites for hydroxylation is 1. The van der Waals surface area contributed by atoms with Crippen molar-refractivity contribution in [1.82, 2.24) is 5.32 Å². The van der Waals surface area contributed by atoms with Crippen LogP contribution in [0.3, 0.4) is 0 Å². The van der Waals surface area contributed by atoms with Crippen LogP contribution in [0.1, 0.15) is 51.0 Å². The van der Waals surface area contributed by atoms with E-state index in [9.17, 15) is 4.39 Å². The number of rotatable bonds is 6. The fourth-order valence-corrected chi connectivity index (χ4v) is 3.02. The predicted octanol–water partition coefficient (Wildman–Crippen LogP) is 4.27. The second-order valence-corrected chi connectivity index (χ2v) is 6.10. The highest BCUT2D eigenvalue weighted by Crippen LogP contribution is 2.27. The van der Waals surface area contributed by atoms with Crippen LogP contribution in [0.4, 0.5) is 4.39 Å². The van der Waals surface area contributed by atoms with Crippen molar-refractivity contribution >= 4 is 0 Å². The Morgan fingerprint density at radius 3 is 2.74 bits per heavy atom. The van der Waals surface area contributed by atoms with Crippen LogP contribution in [0.25, 0.3) is 0 Å². The normalized spacial score (nSPS) is 22.9. The summed E-state index contributed by atoms with van der Waals surface area (Å²) in [5.41, 5.74) is 0.290. The SMILES string of the molecule is CC(F)(CCCc1ccccc1)CC1CCCCN1. The molecule has 1 heterocycles. The van der Waals surface area contributed by atoms with Gasteiger partial charge < -0.3 is 5.32 Å². The lowest BCUT2D eigenvalue weighted by Crippen LogP contribution is -2.39. The highest BCUT2D eigenvalue weighted by atomic mass is 19.1. The summed E-state index contributed by atoms with van der Waals surface area (Å²) in [5, 5.41) is 3.44. The minimum absolute atomic E-state index is 0.389. The van der Waals surface area contributed by atoms with Gasteiger partial charge in [-0.25, -0.2) is 4.39 Å². The van der Waals surface area contributed by atoms with Gasteiger partial charge in [0.15, 0.2) is 0 Å². The average Bonchev–Trinajstić information content (AvgIpc) is 2.40. The molecule has 1 fully saturated rings. The number of hydrogen-bond acceptors (Lipinski definition) is 1. The maximum Gasteiger partial charge on any atom is 0.109 e. The molecular weight excluding hydrogens is 237 g/mol. The summed E-state index contributed by atoms with van der Waals surface area (Å²) in [4.78, 5) is 0. The summed E-state index contributed by atoms with van der Waals surface area (Å²) in [6.07, 6.45) is 6.88. The summed E-state index contributed by atoms with van der Waals surface area (Å²) < 4.78 is 14.5. The molecule has 0 saturated carbocycles. The van der Waals surface area contributed by atoms with Gasteiger partial charge in [0.25, 0.3) is 0 Å². The maximum atomic E-state index is 14.5. The molecule has 0 aliphatic carbocycles. The fraction of sp³-hybridized carbons (Fsp3) is 0.647. The summed E-state index contributed by atoms with van der Waals surface area (Å²) in [6, 6.07) is 10.8. The second kappa shape index (κ2) is 7.04. The smallest absolute Gasteiger partial charge is 0.109 e. The van der Waals surface area contributed by atoms with E-state index in [1.165, 1.54) is 18.4 Å². The van der Waals surface area contributed by atoms with E-state index in [4.69, 9.17) is 0 Å². The molecule has 1 aromatic carbocycles. The monoisotopic (exact) mass is 263 g/mol. The van der Waals surface area contributed by atoms with E-state index >= 15 is 0 Å². The number of alkyl halides is 1. The van der Waals surface area contributed by atoms with Crippen molar-refractivity contribution in [2.24, 2.45) is 0 Å². The lowest BCUT2D eigenvalue weighted by Gasteiger charge is -2.30. The van der Waals surface area contributed by atoms with E-state index in [2.05, 4.69) is 29.6 Å². The minimum atomic E-state index is -1.02. The summed E-state index contributed by atoms with van der Waals surface area (Å²) in [7, 11) is 0. The van der Waals surface area contributed by atoms with E-state index in [0.29, 0.717) is 18.9 Å². The lowest BCUT2D eigenvalue weighted by molar-refractivity contribution is 0.132. The lowest BCUT2D eigenvalue weighted by atomic mass is 9.89. The van der Waals surface area contributed by atoms with E-state index in [1.807, 2.05) is 6.07 Å². The first-order valence-electron chi connectivity index (χ1n) is 7.62. The highest BCUT2D eigenvalue weighted by Gasteiger charge is 2.27. The van der Waals surface area contributed by atoms with Crippen molar-refractivity contribution in [1.29, 1.82) is 0 Å². The Labute approximate surface area is 116 Å². The molecule has 1 aromatic rings. The number of halogens is 1. The molecule has 0 bridgehead atoms. The molecule has 0 radical (unpaired) electrons. The van der Waals surface area contributed by atoms with Crippen LogP contribution in [0.15, 0.2) is 30.3 Å². The molecule has 1 aliphatic heterocycles. The van der Waals surface area contributed by atoms with Crippen LogP contribution in [0.2, 0.25) is 0 Å². The van der Waals surface area contributed by atoms with Gasteiger partial charge in [-0.2, -0.15) is 0 Å². The third-order valence-electron chi connectivity index (χ3n) is 4.09. The molecule has 2 rings (SSSR count). The summed E-state index contributed by atoms with van der Waals surface area (Å²) in [6.45, 7) is 2.83. The van der Waals surface area contributed by atoms with E-state index < -0.39 is 5.67 Å².